The van der Waals surface area contributed by atoms with Crippen LogP contribution in [-0.4, -0.2) is 10.8 Å². The number of aryl methyl sites for hydroxylation is 1. The van der Waals surface area contributed by atoms with Gasteiger partial charge < -0.3 is 0 Å². The van der Waals surface area contributed by atoms with Crippen molar-refractivity contribution in [3.05, 3.63) is 29.6 Å². The third-order valence-corrected chi connectivity index (χ3v) is 6.35. The molecule has 0 saturated heterocycles. The zero-order chi connectivity index (χ0) is 14.4. The lowest BCUT2D eigenvalue weighted by molar-refractivity contribution is -0.0570. The van der Waals surface area contributed by atoms with Crippen molar-refractivity contribution in [2.24, 2.45) is 23.2 Å². The van der Waals surface area contributed by atoms with E-state index in [2.05, 4.69) is 4.98 Å². The largest absolute Gasteiger partial charge is 0.294 e. The molecule has 0 aliphatic heterocycles. The van der Waals surface area contributed by atoms with Crippen molar-refractivity contribution in [1.82, 2.24) is 4.98 Å². The Kier molecular flexibility index (Phi) is 3.16. The maximum atomic E-state index is 12.5. The van der Waals surface area contributed by atoms with Crippen LogP contribution in [0.5, 0.6) is 0 Å². The second kappa shape index (κ2) is 4.93. The van der Waals surface area contributed by atoms with Gasteiger partial charge in [0.05, 0.1) is 0 Å². The summed E-state index contributed by atoms with van der Waals surface area (Å²) >= 11 is 0. The van der Waals surface area contributed by atoms with Gasteiger partial charge in [0, 0.05) is 23.9 Å². The van der Waals surface area contributed by atoms with Crippen LogP contribution in [-0.2, 0) is 0 Å². The highest BCUT2D eigenvalue weighted by molar-refractivity contribution is 5.96. The fraction of sp³-hybridized carbons (Fsp3) is 0.684. The minimum atomic E-state index is 0.302. The molecule has 1 aromatic heterocycles. The highest BCUT2D eigenvalue weighted by atomic mass is 16.1. The number of nitrogens with zero attached hydrogens (tertiary/aromatic N) is 1. The predicted molar refractivity (Wildman–Crippen MR) is 83.1 cm³/mol. The Morgan fingerprint density at radius 3 is 2.38 bits per heavy atom. The number of ketones is 1. The number of Topliss-reactive ketones (excluding diaryl/α,β-unsaturated/α-hetero) is 1. The second-order valence-electron chi connectivity index (χ2n) is 7.98. The Hall–Kier alpha value is -1.18. The van der Waals surface area contributed by atoms with Crippen molar-refractivity contribution in [2.45, 2.75) is 58.3 Å². The predicted octanol–water partition coefficient (Wildman–Crippen LogP) is 4.57. The molecule has 0 radical (unpaired) electrons. The third kappa shape index (κ3) is 2.43. The molecule has 4 fully saturated rings. The monoisotopic (exact) mass is 283 g/mol. The Bertz CT molecular complexity index is 527. The van der Waals surface area contributed by atoms with Crippen molar-refractivity contribution in [3.63, 3.8) is 0 Å². The van der Waals surface area contributed by atoms with Crippen molar-refractivity contribution < 1.29 is 4.79 Å². The molecule has 0 spiro atoms. The first kappa shape index (κ1) is 13.5. The Balaban J connectivity index is 1.45. The summed E-state index contributed by atoms with van der Waals surface area (Å²) in [5, 5.41) is 0. The number of hydrogen-bond donors (Lipinski definition) is 0. The van der Waals surface area contributed by atoms with Crippen molar-refractivity contribution >= 4 is 5.78 Å². The standard InChI is InChI=1S/C19H25NO/c1-13-17(3-2-6-20-13)18(21)4-5-19-10-14-7-15(11-19)9-16(8-14)12-19/h2-3,6,14-16H,4-5,7-12H2,1H3. The molecule has 1 aromatic rings. The molecule has 0 unspecified atom stereocenters. The summed E-state index contributed by atoms with van der Waals surface area (Å²) in [4.78, 5) is 16.8. The van der Waals surface area contributed by atoms with Gasteiger partial charge in [-0.1, -0.05) is 0 Å². The fourth-order valence-corrected chi connectivity index (χ4v) is 5.89. The molecule has 4 aliphatic carbocycles. The summed E-state index contributed by atoms with van der Waals surface area (Å²) in [5.74, 6) is 3.24. The molecule has 5 rings (SSSR count). The normalized spacial score (nSPS) is 36.9. The quantitative estimate of drug-likeness (QED) is 0.758. The van der Waals surface area contributed by atoms with Crippen molar-refractivity contribution in [2.75, 3.05) is 0 Å². The second-order valence-corrected chi connectivity index (χ2v) is 7.98. The molecule has 112 valence electrons. The minimum Gasteiger partial charge on any atom is -0.294 e. The van der Waals surface area contributed by atoms with Gasteiger partial charge in [0.25, 0.3) is 0 Å². The third-order valence-electron chi connectivity index (χ3n) is 6.35. The van der Waals surface area contributed by atoms with E-state index in [-0.39, 0.29) is 0 Å². The average molecular weight is 283 g/mol. The molecule has 0 aromatic carbocycles. The molecule has 1 heterocycles. The van der Waals surface area contributed by atoms with E-state index in [4.69, 9.17) is 0 Å². The van der Waals surface area contributed by atoms with E-state index in [9.17, 15) is 4.79 Å². The molecule has 2 heteroatoms. The maximum absolute atomic E-state index is 12.5. The molecule has 4 saturated carbocycles. The zero-order valence-corrected chi connectivity index (χ0v) is 13.0. The van der Waals surface area contributed by atoms with Crippen LogP contribution in [0.15, 0.2) is 18.3 Å². The van der Waals surface area contributed by atoms with Gasteiger partial charge in [0.2, 0.25) is 0 Å². The van der Waals surface area contributed by atoms with Crippen molar-refractivity contribution in [3.8, 4) is 0 Å². The minimum absolute atomic E-state index is 0.302. The fourth-order valence-electron chi connectivity index (χ4n) is 5.89. The summed E-state index contributed by atoms with van der Waals surface area (Å²) in [6.45, 7) is 1.94. The lowest BCUT2D eigenvalue weighted by atomic mass is 9.48. The van der Waals surface area contributed by atoms with E-state index in [1.165, 1.54) is 38.5 Å². The average Bonchev–Trinajstić information content (AvgIpc) is 2.44. The van der Waals surface area contributed by atoms with E-state index < -0.39 is 0 Å². The molecule has 4 aliphatic rings. The summed E-state index contributed by atoms with van der Waals surface area (Å²) in [7, 11) is 0. The van der Waals surface area contributed by atoms with E-state index in [0.29, 0.717) is 11.2 Å². The SMILES string of the molecule is Cc1ncccc1C(=O)CCC12CC3CC(CC(C3)C1)C2. The molecular formula is C19H25NO. The number of pyridine rings is 1. The van der Waals surface area contributed by atoms with Gasteiger partial charge in [-0.3, -0.25) is 9.78 Å². The first-order valence-electron chi connectivity index (χ1n) is 8.58. The smallest absolute Gasteiger partial charge is 0.164 e. The Morgan fingerprint density at radius 2 is 1.81 bits per heavy atom. The number of hydrogen-bond acceptors (Lipinski definition) is 2. The van der Waals surface area contributed by atoms with Gasteiger partial charge >= 0.3 is 0 Å². The lowest BCUT2D eigenvalue weighted by Gasteiger charge is -2.57. The van der Waals surface area contributed by atoms with Crippen LogP contribution in [0, 0.1) is 30.1 Å². The number of carbonyl (C=O) groups is 1. The molecular weight excluding hydrogens is 258 g/mol. The number of aromatic nitrogens is 1. The van der Waals surface area contributed by atoms with Crippen LogP contribution in [0.25, 0.3) is 0 Å². The zero-order valence-electron chi connectivity index (χ0n) is 13.0. The van der Waals surface area contributed by atoms with E-state index >= 15 is 0 Å². The van der Waals surface area contributed by atoms with Crippen LogP contribution < -0.4 is 0 Å². The number of rotatable bonds is 4. The summed E-state index contributed by atoms with van der Waals surface area (Å²) in [6, 6.07) is 3.81. The highest BCUT2D eigenvalue weighted by Crippen LogP contribution is 2.61. The van der Waals surface area contributed by atoms with Gasteiger partial charge in [0.15, 0.2) is 5.78 Å². The number of carbonyl (C=O) groups excluding carboxylic acids is 1. The lowest BCUT2D eigenvalue weighted by Crippen LogP contribution is -2.46. The molecule has 0 amide bonds. The Labute approximate surface area is 127 Å². The van der Waals surface area contributed by atoms with Crippen LogP contribution in [0.4, 0.5) is 0 Å². The van der Waals surface area contributed by atoms with Gasteiger partial charge in [-0.25, -0.2) is 0 Å². The summed E-state index contributed by atoms with van der Waals surface area (Å²) in [5.41, 5.74) is 2.23. The molecule has 0 N–H and O–H groups in total. The molecule has 4 bridgehead atoms. The maximum Gasteiger partial charge on any atom is 0.164 e. The van der Waals surface area contributed by atoms with Crippen LogP contribution >= 0.6 is 0 Å². The van der Waals surface area contributed by atoms with Gasteiger partial charge in [-0.2, -0.15) is 0 Å². The molecule has 21 heavy (non-hydrogen) atoms. The molecule has 2 nitrogen and oxygen atoms in total. The topological polar surface area (TPSA) is 30.0 Å². The van der Waals surface area contributed by atoms with Crippen LogP contribution in [0.2, 0.25) is 0 Å². The first-order valence-corrected chi connectivity index (χ1v) is 8.58. The molecule has 0 atom stereocenters. The van der Waals surface area contributed by atoms with Crippen LogP contribution in [0.3, 0.4) is 0 Å². The highest BCUT2D eigenvalue weighted by Gasteiger charge is 2.50. The van der Waals surface area contributed by atoms with E-state index in [0.717, 1.165) is 41.9 Å². The summed E-state index contributed by atoms with van der Waals surface area (Å²) in [6.07, 6.45) is 12.3. The van der Waals surface area contributed by atoms with Gasteiger partial charge in [-0.15, -0.1) is 0 Å². The van der Waals surface area contributed by atoms with Gasteiger partial charge in [-0.05, 0) is 87.2 Å². The summed E-state index contributed by atoms with van der Waals surface area (Å²) < 4.78 is 0. The Morgan fingerprint density at radius 1 is 1.19 bits per heavy atom. The van der Waals surface area contributed by atoms with Crippen LogP contribution in [0.1, 0.15) is 67.4 Å². The van der Waals surface area contributed by atoms with Crippen molar-refractivity contribution in [1.29, 1.82) is 0 Å². The van der Waals surface area contributed by atoms with E-state index in [1.54, 1.807) is 6.20 Å². The first-order chi connectivity index (χ1) is 10.1. The van der Waals surface area contributed by atoms with E-state index in [1.807, 2.05) is 19.1 Å². The van der Waals surface area contributed by atoms with Gasteiger partial charge in [0.1, 0.15) is 0 Å².